The van der Waals surface area contributed by atoms with E-state index in [1.165, 1.54) is 43.0 Å². The second kappa shape index (κ2) is 21.3. The summed E-state index contributed by atoms with van der Waals surface area (Å²) in [6, 6.07) is 57.7. The molecule has 4 unspecified atom stereocenters. The normalized spacial score (nSPS) is 14.9. The summed E-state index contributed by atoms with van der Waals surface area (Å²) >= 11 is 0. The number of hydrogen-bond donors (Lipinski definition) is 0. The summed E-state index contributed by atoms with van der Waals surface area (Å²) in [6.07, 6.45) is 2.57. The molecule has 0 aromatic heterocycles. The van der Waals surface area contributed by atoms with Gasteiger partial charge >= 0.3 is 0 Å². The molecule has 0 heterocycles. The Morgan fingerprint density at radius 3 is 1.06 bits per heavy atom. The highest BCUT2D eigenvalue weighted by atomic mass is 28.4. The summed E-state index contributed by atoms with van der Waals surface area (Å²) in [5.74, 6) is 1.63. The van der Waals surface area contributed by atoms with Gasteiger partial charge in [0.2, 0.25) is 0 Å². The summed E-state index contributed by atoms with van der Waals surface area (Å²) < 4.78 is 32.9. The molecule has 6 aromatic carbocycles. The fraction of sp³-hybridized carbons (Fsp3) is 0.357. The molecule has 0 aliphatic rings. The molecule has 6 rings (SSSR count). The van der Waals surface area contributed by atoms with Crippen LogP contribution in [0.1, 0.15) is 104 Å². The monoisotopic (exact) mass is 878 g/mol. The first-order valence-corrected chi connectivity index (χ1v) is 26.8. The lowest BCUT2D eigenvalue weighted by molar-refractivity contribution is -0.0769. The minimum absolute atomic E-state index is 0.260. The molecular weight excluding hydrogens is 809 g/mol. The highest BCUT2D eigenvalue weighted by Crippen LogP contribution is 2.45. The lowest BCUT2D eigenvalue weighted by atomic mass is 10.0. The van der Waals surface area contributed by atoms with Crippen LogP contribution in [0.15, 0.2) is 158 Å². The van der Waals surface area contributed by atoms with Crippen molar-refractivity contribution in [2.24, 2.45) is 0 Å². The molecule has 0 aliphatic carbocycles. The highest BCUT2D eigenvalue weighted by molar-refractivity contribution is 7.11. The van der Waals surface area contributed by atoms with Gasteiger partial charge in [0, 0.05) is 26.1 Å². The lowest BCUT2D eigenvalue weighted by Crippen LogP contribution is -2.78. The molecule has 0 saturated heterocycles. The third-order valence-corrected chi connectivity index (χ3v) is 23.6. The van der Waals surface area contributed by atoms with Gasteiger partial charge in [0.1, 0.15) is 11.5 Å². The molecule has 0 fully saturated rings. The van der Waals surface area contributed by atoms with Crippen LogP contribution in [0.5, 0.6) is 11.5 Å². The van der Waals surface area contributed by atoms with E-state index in [4.69, 9.17) is 23.1 Å². The fourth-order valence-electron chi connectivity index (χ4n) is 9.09. The molecule has 332 valence electrons. The van der Waals surface area contributed by atoms with Crippen molar-refractivity contribution >= 4 is 37.4 Å². The minimum Gasteiger partial charge on any atom is -0.465 e. The van der Waals surface area contributed by atoms with Gasteiger partial charge in [-0.2, -0.15) is 0 Å². The Morgan fingerprint density at radius 2 is 0.746 bits per heavy atom. The zero-order valence-corrected chi connectivity index (χ0v) is 41.4. The Hall–Kier alpha value is -4.77. The summed E-state index contributed by atoms with van der Waals surface area (Å²) in [5, 5.41) is 4.62. The van der Waals surface area contributed by atoms with E-state index in [0.717, 1.165) is 37.2 Å². The van der Waals surface area contributed by atoms with Crippen LogP contribution in [0, 0.1) is 0 Å². The van der Waals surface area contributed by atoms with Gasteiger partial charge in [0.15, 0.2) is 12.6 Å². The van der Waals surface area contributed by atoms with Crippen LogP contribution < -0.4 is 30.2 Å². The minimum atomic E-state index is -3.26. The van der Waals surface area contributed by atoms with E-state index in [1.807, 2.05) is 13.8 Å². The van der Waals surface area contributed by atoms with Crippen molar-refractivity contribution < 1.29 is 23.1 Å². The van der Waals surface area contributed by atoms with Gasteiger partial charge in [-0.3, -0.25) is 0 Å². The van der Waals surface area contributed by atoms with Crippen molar-refractivity contribution in [3.63, 3.8) is 0 Å². The summed E-state index contributed by atoms with van der Waals surface area (Å²) in [7, 11) is -6.52. The molecule has 6 aromatic rings. The zero-order chi connectivity index (χ0) is 45.1. The molecule has 0 aliphatic heterocycles. The van der Waals surface area contributed by atoms with Gasteiger partial charge in [-0.15, -0.1) is 0 Å². The van der Waals surface area contributed by atoms with Crippen LogP contribution in [-0.4, -0.2) is 42.4 Å². The van der Waals surface area contributed by atoms with Crippen molar-refractivity contribution in [3.8, 4) is 11.5 Å². The van der Waals surface area contributed by atoms with Crippen molar-refractivity contribution in [2.45, 2.75) is 118 Å². The highest BCUT2D eigenvalue weighted by Gasteiger charge is 2.61. The van der Waals surface area contributed by atoms with E-state index in [0.29, 0.717) is 13.2 Å². The second-order valence-corrected chi connectivity index (χ2v) is 27.2. The summed E-state index contributed by atoms with van der Waals surface area (Å²) in [5.41, 5.74) is 5.01. The van der Waals surface area contributed by atoms with E-state index in [1.54, 1.807) is 0 Å². The standard InChI is InChI=1S/C56H70O5Si2/c1-11-53(57-13-3)59-47-37-33-43(34-38-47)41-45-25-21-23-31-51(45)62(55(5,6)7,49-27-17-15-18-28-49)61-63(56(8,9)10,50-29-19-16-20-30-50)52-32-24-22-26-46(52)42-44-35-39-48(40-36-44)60-54(12-2)58-14-4/h15-40,53-54H,11-14,41-42H2,1-10H3. The number of ether oxygens (including phenoxy) is 4. The van der Waals surface area contributed by atoms with Gasteiger partial charge in [-0.25, -0.2) is 0 Å². The first-order chi connectivity index (χ1) is 30.3. The maximum absolute atomic E-state index is 8.86. The Morgan fingerprint density at radius 1 is 0.413 bits per heavy atom. The number of hydrogen-bond acceptors (Lipinski definition) is 5. The number of benzene rings is 6. The predicted molar refractivity (Wildman–Crippen MR) is 267 cm³/mol. The molecule has 63 heavy (non-hydrogen) atoms. The topological polar surface area (TPSA) is 46.2 Å². The van der Waals surface area contributed by atoms with Crippen LogP contribution in [-0.2, 0) is 26.4 Å². The van der Waals surface area contributed by atoms with Gasteiger partial charge in [0.05, 0.1) is 0 Å². The van der Waals surface area contributed by atoms with Gasteiger partial charge in [-0.05, 0) is 104 Å². The average Bonchev–Trinajstić information content (AvgIpc) is 3.28. The maximum Gasteiger partial charge on any atom is 0.251 e. The van der Waals surface area contributed by atoms with Crippen LogP contribution in [0.25, 0.3) is 0 Å². The van der Waals surface area contributed by atoms with E-state index < -0.39 is 16.6 Å². The molecule has 0 N–H and O–H groups in total. The summed E-state index contributed by atoms with van der Waals surface area (Å²) in [4.78, 5) is 0. The zero-order valence-electron chi connectivity index (χ0n) is 39.4. The summed E-state index contributed by atoms with van der Waals surface area (Å²) in [6.45, 7) is 23.9. The number of rotatable bonds is 20. The largest absolute Gasteiger partial charge is 0.465 e. The van der Waals surface area contributed by atoms with E-state index in [9.17, 15) is 0 Å². The quantitative estimate of drug-likeness (QED) is 0.0565. The van der Waals surface area contributed by atoms with Gasteiger partial charge in [0.25, 0.3) is 16.6 Å². The smallest absolute Gasteiger partial charge is 0.251 e. The van der Waals surface area contributed by atoms with Crippen LogP contribution >= 0.6 is 0 Å². The van der Waals surface area contributed by atoms with Crippen molar-refractivity contribution in [3.05, 3.63) is 180 Å². The van der Waals surface area contributed by atoms with Gasteiger partial charge in [-0.1, -0.05) is 189 Å². The molecular formula is C56H70O5Si2. The Labute approximate surface area is 381 Å². The average molecular weight is 879 g/mol. The van der Waals surface area contributed by atoms with Crippen LogP contribution in [0.4, 0.5) is 0 Å². The molecule has 5 nitrogen and oxygen atoms in total. The van der Waals surface area contributed by atoms with E-state index in [2.05, 4.69) is 213 Å². The molecule has 0 radical (unpaired) electrons. The van der Waals surface area contributed by atoms with Gasteiger partial charge < -0.3 is 23.1 Å². The molecule has 0 saturated carbocycles. The fourth-order valence-corrected chi connectivity index (χ4v) is 22.4. The third-order valence-electron chi connectivity index (χ3n) is 12.1. The SMILES string of the molecule is CCOC(CC)Oc1ccc(Cc2ccccc2[Si](O[Si](c2ccccc2)(c2ccccc2Cc2ccc(OC(CC)OCC)cc2)C(C)(C)C)(c2ccccc2)C(C)(C)C)cc1. The van der Waals surface area contributed by atoms with Crippen LogP contribution in [0.3, 0.4) is 0 Å². The van der Waals surface area contributed by atoms with E-state index >= 15 is 0 Å². The third kappa shape index (κ3) is 10.8. The predicted octanol–water partition coefficient (Wildman–Crippen LogP) is 11.6. The molecule has 0 amide bonds. The lowest BCUT2D eigenvalue weighted by Gasteiger charge is -2.54. The first kappa shape index (κ1) is 47.7. The van der Waals surface area contributed by atoms with Crippen LogP contribution in [0.2, 0.25) is 10.1 Å². The molecule has 0 bridgehead atoms. The maximum atomic E-state index is 8.86. The Kier molecular flexibility index (Phi) is 16.1. The van der Waals surface area contributed by atoms with E-state index in [-0.39, 0.29) is 22.7 Å². The van der Waals surface area contributed by atoms with Crippen molar-refractivity contribution in [1.29, 1.82) is 0 Å². The Bertz CT molecular complexity index is 2140. The first-order valence-electron chi connectivity index (χ1n) is 23.0. The Balaban J connectivity index is 1.54. The second-order valence-electron chi connectivity index (χ2n) is 18.5. The van der Waals surface area contributed by atoms with Crippen molar-refractivity contribution in [2.75, 3.05) is 13.2 Å². The molecule has 4 atom stereocenters. The molecule has 7 heteroatoms. The van der Waals surface area contributed by atoms with Crippen molar-refractivity contribution in [1.82, 2.24) is 0 Å². The molecule has 0 spiro atoms.